The molecule has 1 unspecified atom stereocenters. The number of halogens is 1. The third-order valence-corrected chi connectivity index (χ3v) is 5.43. The van der Waals surface area contributed by atoms with Crippen molar-refractivity contribution in [1.82, 2.24) is 9.88 Å². The molecule has 4 rings (SSSR count). The Kier molecular flexibility index (Phi) is 4.88. The zero-order valence-corrected chi connectivity index (χ0v) is 14.6. The lowest BCUT2D eigenvalue weighted by molar-refractivity contribution is 0.154. The summed E-state index contributed by atoms with van der Waals surface area (Å²) >= 11 is 6.07. The molecule has 0 saturated carbocycles. The summed E-state index contributed by atoms with van der Waals surface area (Å²) in [5, 5.41) is 5.60. The molecular weight excluding hydrogens is 322 g/mol. The Labute approximate surface area is 148 Å². The lowest BCUT2D eigenvalue weighted by Crippen LogP contribution is -2.41. The predicted molar refractivity (Wildman–Crippen MR) is 98.8 cm³/mol. The molecule has 4 nitrogen and oxygen atoms in total. The van der Waals surface area contributed by atoms with Crippen molar-refractivity contribution in [3.05, 3.63) is 35.5 Å². The van der Waals surface area contributed by atoms with Crippen molar-refractivity contribution in [2.75, 3.05) is 38.2 Å². The van der Waals surface area contributed by atoms with Gasteiger partial charge in [-0.05, 0) is 49.4 Å². The first-order valence-corrected chi connectivity index (χ1v) is 9.26. The third-order valence-electron chi connectivity index (χ3n) is 5.19. The van der Waals surface area contributed by atoms with E-state index in [0.717, 1.165) is 35.1 Å². The van der Waals surface area contributed by atoms with Crippen LogP contribution in [0.1, 0.15) is 19.3 Å². The number of benzene rings is 1. The molecule has 1 aromatic heterocycles. The first-order chi connectivity index (χ1) is 11.8. The number of ether oxygens (including phenoxy) is 1. The van der Waals surface area contributed by atoms with Gasteiger partial charge in [0.15, 0.2) is 0 Å². The Morgan fingerprint density at radius 3 is 2.88 bits per heavy atom. The minimum Gasteiger partial charge on any atom is -0.382 e. The molecular formula is C19H24ClN3O. The number of rotatable bonds is 4. The van der Waals surface area contributed by atoms with Gasteiger partial charge in [0.1, 0.15) is 0 Å². The van der Waals surface area contributed by atoms with Crippen molar-refractivity contribution in [3.63, 3.8) is 0 Å². The second-order valence-electron chi connectivity index (χ2n) is 6.97. The monoisotopic (exact) mass is 345 g/mol. The van der Waals surface area contributed by atoms with Crippen molar-refractivity contribution in [2.24, 2.45) is 5.92 Å². The molecule has 2 aromatic rings. The van der Waals surface area contributed by atoms with Crippen LogP contribution in [0.15, 0.2) is 30.5 Å². The van der Waals surface area contributed by atoms with Gasteiger partial charge < -0.3 is 15.0 Å². The number of pyridine rings is 1. The van der Waals surface area contributed by atoms with Gasteiger partial charge in [-0.2, -0.15) is 0 Å². The number of likely N-dealkylation sites (tertiary alicyclic amines) is 1. The van der Waals surface area contributed by atoms with Crippen LogP contribution >= 0.6 is 11.6 Å². The molecule has 0 bridgehead atoms. The number of hydrogen-bond donors (Lipinski definition) is 1. The van der Waals surface area contributed by atoms with E-state index in [4.69, 9.17) is 16.3 Å². The number of anilines is 1. The smallest absolute Gasteiger partial charge is 0.0737 e. The van der Waals surface area contributed by atoms with E-state index in [9.17, 15) is 0 Å². The normalized spacial score (nSPS) is 23.0. The summed E-state index contributed by atoms with van der Waals surface area (Å²) < 4.78 is 5.49. The molecule has 1 N–H and O–H groups in total. The molecule has 1 aromatic carbocycles. The van der Waals surface area contributed by atoms with Crippen molar-refractivity contribution < 1.29 is 4.74 Å². The van der Waals surface area contributed by atoms with E-state index in [1.165, 1.54) is 44.6 Å². The van der Waals surface area contributed by atoms with E-state index in [2.05, 4.69) is 27.3 Å². The van der Waals surface area contributed by atoms with E-state index in [-0.39, 0.29) is 0 Å². The molecule has 2 aliphatic heterocycles. The number of fused-ring (bicyclic) bond motifs is 1. The fourth-order valence-electron chi connectivity index (χ4n) is 3.82. The van der Waals surface area contributed by atoms with Crippen LogP contribution in [-0.2, 0) is 4.74 Å². The molecule has 2 saturated heterocycles. The zero-order chi connectivity index (χ0) is 16.4. The Bertz CT molecular complexity index is 694. The fraction of sp³-hybridized carbons (Fsp3) is 0.526. The molecule has 1 atom stereocenters. The van der Waals surface area contributed by atoms with Crippen LogP contribution in [0.4, 0.5) is 5.69 Å². The average molecular weight is 346 g/mol. The third kappa shape index (κ3) is 3.66. The standard InChI is InChI=1S/C19H24ClN3O/c20-15-1-2-17-18(3-7-21-19(17)11-15)22-16-4-8-23(9-5-16)12-14-6-10-24-13-14/h1-3,7,11,14,16H,4-6,8-10,12-13H2,(H,21,22). The Morgan fingerprint density at radius 1 is 1.21 bits per heavy atom. The van der Waals surface area contributed by atoms with Gasteiger partial charge in [-0.3, -0.25) is 4.98 Å². The van der Waals surface area contributed by atoms with Crippen LogP contribution in [0.2, 0.25) is 5.02 Å². The van der Waals surface area contributed by atoms with E-state index in [1.807, 2.05) is 18.3 Å². The van der Waals surface area contributed by atoms with E-state index >= 15 is 0 Å². The molecule has 24 heavy (non-hydrogen) atoms. The molecule has 0 spiro atoms. The van der Waals surface area contributed by atoms with E-state index in [1.54, 1.807) is 0 Å². The quantitative estimate of drug-likeness (QED) is 0.914. The van der Waals surface area contributed by atoms with Crippen LogP contribution in [0.25, 0.3) is 10.9 Å². The molecule has 2 aliphatic rings. The van der Waals surface area contributed by atoms with Crippen molar-refractivity contribution in [3.8, 4) is 0 Å². The summed E-state index contributed by atoms with van der Waals surface area (Å²) in [5.74, 6) is 0.739. The van der Waals surface area contributed by atoms with Crippen LogP contribution in [0.3, 0.4) is 0 Å². The number of piperidine rings is 1. The first-order valence-electron chi connectivity index (χ1n) is 8.89. The minimum absolute atomic E-state index is 0.530. The highest BCUT2D eigenvalue weighted by molar-refractivity contribution is 6.31. The van der Waals surface area contributed by atoms with Crippen LogP contribution in [0, 0.1) is 5.92 Å². The maximum Gasteiger partial charge on any atom is 0.0737 e. The molecule has 2 fully saturated rings. The van der Waals surface area contributed by atoms with Crippen molar-refractivity contribution in [1.29, 1.82) is 0 Å². The fourth-order valence-corrected chi connectivity index (χ4v) is 3.99. The highest BCUT2D eigenvalue weighted by Crippen LogP contribution is 2.27. The lowest BCUT2D eigenvalue weighted by Gasteiger charge is -2.34. The van der Waals surface area contributed by atoms with E-state index in [0.29, 0.717) is 6.04 Å². The van der Waals surface area contributed by atoms with Crippen LogP contribution in [0.5, 0.6) is 0 Å². The Morgan fingerprint density at radius 2 is 2.08 bits per heavy atom. The van der Waals surface area contributed by atoms with E-state index < -0.39 is 0 Å². The van der Waals surface area contributed by atoms with Gasteiger partial charge in [-0.1, -0.05) is 11.6 Å². The molecule has 0 aliphatic carbocycles. The van der Waals surface area contributed by atoms with Crippen LogP contribution in [-0.4, -0.2) is 48.8 Å². The van der Waals surface area contributed by atoms with Gasteiger partial charge in [0.25, 0.3) is 0 Å². The van der Waals surface area contributed by atoms with Gasteiger partial charge in [-0.15, -0.1) is 0 Å². The zero-order valence-electron chi connectivity index (χ0n) is 13.9. The lowest BCUT2D eigenvalue weighted by atomic mass is 10.0. The number of aromatic nitrogens is 1. The molecule has 128 valence electrons. The predicted octanol–water partition coefficient (Wildman–Crippen LogP) is 3.80. The van der Waals surface area contributed by atoms with Gasteiger partial charge in [0.05, 0.1) is 12.1 Å². The molecule has 0 amide bonds. The first kappa shape index (κ1) is 16.1. The van der Waals surface area contributed by atoms with Crippen molar-refractivity contribution in [2.45, 2.75) is 25.3 Å². The SMILES string of the molecule is Clc1ccc2c(NC3CCN(CC4CCOC4)CC3)ccnc2c1. The number of hydrogen-bond acceptors (Lipinski definition) is 4. The van der Waals surface area contributed by atoms with Crippen molar-refractivity contribution >= 4 is 28.2 Å². The second kappa shape index (κ2) is 7.26. The topological polar surface area (TPSA) is 37.4 Å². The summed E-state index contributed by atoms with van der Waals surface area (Å²) in [6.45, 7) is 5.43. The summed E-state index contributed by atoms with van der Waals surface area (Å²) in [6.07, 6.45) is 5.45. The summed E-state index contributed by atoms with van der Waals surface area (Å²) in [5.41, 5.74) is 2.12. The highest BCUT2D eigenvalue weighted by atomic mass is 35.5. The summed E-state index contributed by atoms with van der Waals surface area (Å²) in [6, 6.07) is 8.51. The highest BCUT2D eigenvalue weighted by Gasteiger charge is 2.24. The Hall–Kier alpha value is -1.36. The largest absolute Gasteiger partial charge is 0.382 e. The molecule has 3 heterocycles. The molecule has 5 heteroatoms. The summed E-state index contributed by atoms with van der Waals surface area (Å²) in [4.78, 5) is 7.02. The number of nitrogens with zero attached hydrogens (tertiary/aromatic N) is 2. The van der Waals surface area contributed by atoms with Gasteiger partial charge in [-0.25, -0.2) is 0 Å². The maximum absolute atomic E-state index is 6.07. The second-order valence-corrected chi connectivity index (χ2v) is 7.41. The average Bonchev–Trinajstić information content (AvgIpc) is 3.09. The Balaban J connectivity index is 1.37. The maximum atomic E-state index is 6.07. The van der Waals surface area contributed by atoms with Gasteiger partial charge in [0, 0.05) is 54.6 Å². The minimum atomic E-state index is 0.530. The summed E-state index contributed by atoms with van der Waals surface area (Å²) in [7, 11) is 0. The van der Waals surface area contributed by atoms with Gasteiger partial charge >= 0.3 is 0 Å². The van der Waals surface area contributed by atoms with Crippen LogP contribution < -0.4 is 5.32 Å². The molecule has 0 radical (unpaired) electrons. The number of nitrogens with one attached hydrogen (secondary N) is 1. The van der Waals surface area contributed by atoms with Gasteiger partial charge in [0.2, 0.25) is 0 Å².